The van der Waals surface area contributed by atoms with Crippen LogP contribution in [0.5, 0.6) is 11.5 Å². The van der Waals surface area contributed by atoms with Gasteiger partial charge in [-0.05, 0) is 54.1 Å². The monoisotopic (exact) mass is 374 g/mol. The van der Waals surface area contributed by atoms with Gasteiger partial charge in [-0.3, -0.25) is 4.79 Å². The lowest BCUT2D eigenvalue weighted by molar-refractivity contribution is -0.123. The quantitative estimate of drug-likeness (QED) is 0.297. The third-order valence-electron chi connectivity index (χ3n) is 3.62. The lowest BCUT2D eigenvalue weighted by Gasteiger charge is -2.05. The van der Waals surface area contributed by atoms with E-state index < -0.39 is 5.97 Å². The molecule has 140 valence electrons. The van der Waals surface area contributed by atoms with Crippen molar-refractivity contribution in [2.45, 2.75) is 0 Å². The van der Waals surface area contributed by atoms with Crippen molar-refractivity contribution in [2.24, 2.45) is 5.10 Å². The molecule has 0 unspecified atom stereocenters. The zero-order valence-electron chi connectivity index (χ0n) is 14.9. The molecule has 28 heavy (non-hydrogen) atoms. The first kappa shape index (κ1) is 18.8. The van der Waals surface area contributed by atoms with E-state index in [9.17, 15) is 9.59 Å². The number of benzene rings is 3. The van der Waals surface area contributed by atoms with Crippen molar-refractivity contribution in [3.8, 4) is 11.5 Å². The Bertz CT molecular complexity index is 939. The molecular weight excluding hydrogens is 356 g/mol. The summed E-state index contributed by atoms with van der Waals surface area (Å²) in [6, 6.07) is 24.6. The minimum Gasteiger partial charge on any atom is -0.484 e. The van der Waals surface area contributed by atoms with E-state index in [1.807, 2.05) is 24.3 Å². The van der Waals surface area contributed by atoms with Crippen molar-refractivity contribution >= 4 is 18.1 Å². The molecule has 6 nitrogen and oxygen atoms in total. The predicted molar refractivity (Wildman–Crippen MR) is 106 cm³/mol. The number of hydrogen-bond acceptors (Lipinski definition) is 5. The summed E-state index contributed by atoms with van der Waals surface area (Å²) >= 11 is 0. The fourth-order valence-electron chi connectivity index (χ4n) is 2.24. The average molecular weight is 374 g/mol. The van der Waals surface area contributed by atoms with Crippen LogP contribution in [0.2, 0.25) is 0 Å². The first-order valence-electron chi connectivity index (χ1n) is 8.58. The van der Waals surface area contributed by atoms with Crippen molar-refractivity contribution in [3.63, 3.8) is 0 Å². The van der Waals surface area contributed by atoms with Crippen LogP contribution in [0.1, 0.15) is 15.9 Å². The highest BCUT2D eigenvalue weighted by atomic mass is 16.5. The number of ether oxygens (including phenoxy) is 2. The number of carbonyl (C=O) groups excluding carboxylic acids is 2. The molecule has 0 spiro atoms. The van der Waals surface area contributed by atoms with Crippen LogP contribution in [-0.4, -0.2) is 24.7 Å². The second kappa shape index (κ2) is 9.68. The summed E-state index contributed by atoms with van der Waals surface area (Å²) in [6.45, 7) is -0.129. The van der Waals surface area contributed by atoms with Crippen LogP contribution in [0.15, 0.2) is 90.0 Å². The molecule has 0 saturated heterocycles. The molecule has 0 atom stereocenters. The summed E-state index contributed by atoms with van der Waals surface area (Å²) in [5, 5.41) is 3.88. The smallest absolute Gasteiger partial charge is 0.343 e. The van der Waals surface area contributed by atoms with E-state index in [0.29, 0.717) is 17.1 Å². The summed E-state index contributed by atoms with van der Waals surface area (Å²) in [4.78, 5) is 23.7. The van der Waals surface area contributed by atoms with Crippen LogP contribution >= 0.6 is 0 Å². The SMILES string of the molecule is O=C(COc1ccccc1)N/N=C/c1ccc(OC(=O)c2ccccc2)cc1. The maximum Gasteiger partial charge on any atom is 0.343 e. The zero-order chi connectivity index (χ0) is 19.6. The molecule has 3 aromatic rings. The minimum absolute atomic E-state index is 0.129. The van der Waals surface area contributed by atoms with Crippen LogP contribution in [0.4, 0.5) is 0 Å². The second-order valence-electron chi connectivity index (χ2n) is 5.72. The van der Waals surface area contributed by atoms with Gasteiger partial charge in [0.1, 0.15) is 11.5 Å². The normalized spacial score (nSPS) is 10.4. The van der Waals surface area contributed by atoms with Gasteiger partial charge in [0, 0.05) is 0 Å². The number of para-hydroxylation sites is 1. The number of rotatable bonds is 7. The molecule has 3 aromatic carbocycles. The van der Waals surface area contributed by atoms with E-state index in [2.05, 4.69) is 10.5 Å². The lowest BCUT2D eigenvalue weighted by atomic mass is 10.2. The van der Waals surface area contributed by atoms with Gasteiger partial charge in [0.05, 0.1) is 11.8 Å². The highest BCUT2D eigenvalue weighted by Gasteiger charge is 2.07. The third-order valence-corrected chi connectivity index (χ3v) is 3.62. The molecule has 0 radical (unpaired) electrons. The number of carbonyl (C=O) groups is 2. The Morgan fingerprint density at radius 1 is 0.821 bits per heavy atom. The second-order valence-corrected chi connectivity index (χ2v) is 5.72. The van der Waals surface area contributed by atoms with Gasteiger partial charge < -0.3 is 9.47 Å². The van der Waals surface area contributed by atoms with E-state index >= 15 is 0 Å². The number of esters is 1. The Kier molecular flexibility index (Phi) is 6.52. The average Bonchev–Trinajstić information content (AvgIpc) is 2.75. The highest BCUT2D eigenvalue weighted by Crippen LogP contribution is 2.13. The fraction of sp³-hybridized carbons (Fsp3) is 0.0455. The van der Waals surface area contributed by atoms with Gasteiger partial charge in [-0.15, -0.1) is 0 Å². The van der Waals surface area contributed by atoms with E-state index in [1.165, 1.54) is 6.21 Å². The highest BCUT2D eigenvalue weighted by molar-refractivity contribution is 5.91. The summed E-state index contributed by atoms with van der Waals surface area (Å²) in [5.41, 5.74) is 3.61. The largest absolute Gasteiger partial charge is 0.484 e. The van der Waals surface area contributed by atoms with Gasteiger partial charge in [-0.25, -0.2) is 10.2 Å². The van der Waals surface area contributed by atoms with Gasteiger partial charge >= 0.3 is 5.97 Å². The van der Waals surface area contributed by atoms with Crippen molar-refractivity contribution in [2.75, 3.05) is 6.61 Å². The van der Waals surface area contributed by atoms with Crippen LogP contribution in [-0.2, 0) is 4.79 Å². The van der Waals surface area contributed by atoms with Gasteiger partial charge in [0.15, 0.2) is 6.61 Å². The molecule has 0 saturated carbocycles. The topological polar surface area (TPSA) is 77.0 Å². The molecule has 0 fully saturated rings. The van der Waals surface area contributed by atoms with Gasteiger partial charge in [0.2, 0.25) is 0 Å². The first-order chi connectivity index (χ1) is 13.7. The van der Waals surface area contributed by atoms with Gasteiger partial charge in [0.25, 0.3) is 5.91 Å². The van der Waals surface area contributed by atoms with Crippen LogP contribution in [0, 0.1) is 0 Å². The molecule has 6 heteroatoms. The fourth-order valence-corrected chi connectivity index (χ4v) is 2.24. The standard InChI is InChI=1S/C22H18N2O4/c25-21(16-27-19-9-5-2-6-10-19)24-23-15-17-11-13-20(14-12-17)28-22(26)18-7-3-1-4-8-18/h1-15H,16H2,(H,24,25)/b23-15+. The van der Waals surface area contributed by atoms with Gasteiger partial charge in [-0.1, -0.05) is 36.4 Å². The summed E-state index contributed by atoms with van der Waals surface area (Å²) in [5.74, 6) is 0.245. The van der Waals surface area contributed by atoms with Crippen LogP contribution in [0.3, 0.4) is 0 Å². The first-order valence-corrected chi connectivity index (χ1v) is 8.58. The molecule has 0 aliphatic heterocycles. The summed E-state index contributed by atoms with van der Waals surface area (Å²) in [7, 11) is 0. The molecule has 0 aliphatic carbocycles. The van der Waals surface area contributed by atoms with E-state index in [1.54, 1.807) is 60.7 Å². The molecule has 0 heterocycles. The summed E-state index contributed by atoms with van der Waals surface area (Å²) < 4.78 is 10.6. The minimum atomic E-state index is -0.423. The van der Waals surface area contributed by atoms with Crippen molar-refractivity contribution in [1.29, 1.82) is 0 Å². The van der Waals surface area contributed by atoms with Crippen molar-refractivity contribution < 1.29 is 19.1 Å². The van der Waals surface area contributed by atoms with E-state index in [4.69, 9.17) is 9.47 Å². The molecule has 0 aromatic heterocycles. The molecule has 3 rings (SSSR count). The molecule has 1 N–H and O–H groups in total. The maximum atomic E-state index is 12.0. The number of nitrogens with one attached hydrogen (secondary N) is 1. The molecule has 0 bridgehead atoms. The van der Waals surface area contributed by atoms with E-state index in [-0.39, 0.29) is 12.5 Å². The molecule has 1 amide bonds. The maximum absolute atomic E-state index is 12.0. The number of amides is 1. The Hall–Kier alpha value is -3.93. The zero-order valence-corrected chi connectivity index (χ0v) is 14.9. The number of nitrogens with zero attached hydrogens (tertiary/aromatic N) is 1. The molecular formula is C22H18N2O4. The lowest BCUT2D eigenvalue weighted by Crippen LogP contribution is -2.24. The molecule has 0 aliphatic rings. The van der Waals surface area contributed by atoms with Gasteiger partial charge in [-0.2, -0.15) is 5.10 Å². The Morgan fingerprint density at radius 2 is 1.46 bits per heavy atom. The number of hydrogen-bond donors (Lipinski definition) is 1. The Balaban J connectivity index is 1.46. The van der Waals surface area contributed by atoms with Crippen LogP contribution < -0.4 is 14.9 Å². The predicted octanol–water partition coefficient (Wildman–Crippen LogP) is 3.43. The Labute approximate surface area is 162 Å². The Morgan fingerprint density at radius 3 is 2.14 bits per heavy atom. The third kappa shape index (κ3) is 5.81. The summed E-state index contributed by atoms with van der Waals surface area (Å²) in [6.07, 6.45) is 1.49. The van der Waals surface area contributed by atoms with E-state index in [0.717, 1.165) is 5.56 Å². The van der Waals surface area contributed by atoms with Crippen LogP contribution in [0.25, 0.3) is 0 Å². The van der Waals surface area contributed by atoms with Crippen molar-refractivity contribution in [3.05, 3.63) is 96.1 Å². The number of hydrazone groups is 1. The van der Waals surface area contributed by atoms with Crippen molar-refractivity contribution in [1.82, 2.24) is 5.43 Å².